The highest BCUT2D eigenvalue weighted by molar-refractivity contribution is 7.13. The molecule has 1 aliphatic rings. The Bertz CT molecular complexity index is 910. The van der Waals surface area contributed by atoms with Gasteiger partial charge in [0.05, 0.1) is 10.9 Å². The van der Waals surface area contributed by atoms with Crippen molar-refractivity contribution in [2.75, 3.05) is 19.6 Å². The molecule has 1 atom stereocenters. The van der Waals surface area contributed by atoms with Crippen LogP contribution in [0, 0.1) is 6.92 Å². The van der Waals surface area contributed by atoms with Gasteiger partial charge in [0, 0.05) is 12.6 Å². The normalized spacial score (nSPS) is 16.3. The van der Waals surface area contributed by atoms with Crippen molar-refractivity contribution in [2.24, 2.45) is 0 Å². The molecule has 3 aromatic rings. The summed E-state index contributed by atoms with van der Waals surface area (Å²) in [6.45, 7) is 4.80. The maximum absolute atomic E-state index is 12.7. The Hall–Kier alpha value is -2.44. The van der Waals surface area contributed by atoms with Crippen LogP contribution in [0.15, 0.2) is 52.4 Å². The van der Waals surface area contributed by atoms with E-state index in [0.29, 0.717) is 18.0 Å². The molecule has 3 heterocycles. The Morgan fingerprint density at radius 3 is 2.62 bits per heavy atom. The van der Waals surface area contributed by atoms with Crippen LogP contribution in [-0.4, -0.2) is 35.6 Å². The average molecular weight is 410 g/mol. The van der Waals surface area contributed by atoms with Crippen LogP contribution in [0.1, 0.15) is 53.3 Å². The molecule has 4 rings (SSSR count). The van der Waals surface area contributed by atoms with Gasteiger partial charge >= 0.3 is 0 Å². The quantitative estimate of drug-likeness (QED) is 0.618. The molecule has 1 aromatic carbocycles. The van der Waals surface area contributed by atoms with Gasteiger partial charge in [-0.1, -0.05) is 53.9 Å². The van der Waals surface area contributed by atoms with Crippen LogP contribution in [0.5, 0.6) is 0 Å². The summed E-state index contributed by atoms with van der Waals surface area (Å²) in [6, 6.07) is 14.5. The third-order valence-corrected chi connectivity index (χ3v) is 6.39. The van der Waals surface area contributed by atoms with Gasteiger partial charge in [0.15, 0.2) is 11.5 Å². The summed E-state index contributed by atoms with van der Waals surface area (Å²) < 4.78 is 5.36. The summed E-state index contributed by atoms with van der Waals surface area (Å²) in [5.74, 6) is 0.441. The summed E-state index contributed by atoms with van der Waals surface area (Å²) in [7, 11) is 0. The third kappa shape index (κ3) is 4.95. The van der Waals surface area contributed by atoms with E-state index in [1.54, 1.807) is 17.4 Å². The van der Waals surface area contributed by atoms with E-state index in [1.165, 1.54) is 36.8 Å². The first-order valence-corrected chi connectivity index (χ1v) is 11.2. The zero-order valence-electron chi connectivity index (χ0n) is 16.8. The maximum atomic E-state index is 12.7. The van der Waals surface area contributed by atoms with E-state index in [4.69, 9.17) is 4.52 Å². The van der Waals surface area contributed by atoms with Gasteiger partial charge in [-0.3, -0.25) is 9.69 Å². The summed E-state index contributed by atoms with van der Waals surface area (Å²) in [5, 5.41) is 9.03. The minimum absolute atomic E-state index is 0.168. The molecule has 0 radical (unpaired) electrons. The minimum Gasteiger partial charge on any atom is -0.355 e. The zero-order chi connectivity index (χ0) is 20.1. The molecule has 0 bridgehead atoms. The Kier molecular flexibility index (Phi) is 6.42. The van der Waals surface area contributed by atoms with Crippen molar-refractivity contribution in [3.8, 4) is 10.6 Å². The van der Waals surface area contributed by atoms with Crippen LogP contribution in [0.4, 0.5) is 0 Å². The van der Waals surface area contributed by atoms with Gasteiger partial charge in [-0.2, -0.15) is 0 Å². The van der Waals surface area contributed by atoms with Crippen molar-refractivity contribution >= 4 is 17.2 Å². The van der Waals surface area contributed by atoms with Crippen molar-refractivity contribution in [3.63, 3.8) is 0 Å². The van der Waals surface area contributed by atoms with Crippen LogP contribution >= 0.6 is 11.3 Å². The Labute approximate surface area is 175 Å². The predicted octanol–water partition coefficient (Wildman–Crippen LogP) is 5.06. The second kappa shape index (κ2) is 9.37. The molecule has 29 heavy (non-hydrogen) atoms. The van der Waals surface area contributed by atoms with Crippen LogP contribution in [0.3, 0.4) is 0 Å². The molecular weight excluding hydrogens is 382 g/mol. The fourth-order valence-electron chi connectivity index (χ4n) is 3.85. The number of rotatable bonds is 6. The van der Waals surface area contributed by atoms with Crippen molar-refractivity contribution in [3.05, 3.63) is 64.7 Å². The van der Waals surface area contributed by atoms with Gasteiger partial charge in [0.2, 0.25) is 0 Å². The number of nitrogens with one attached hydrogen (secondary N) is 1. The smallest absolute Gasteiger partial charge is 0.273 e. The van der Waals surface area contributed by atoms with E-state index in [9.17, 15) is 4.79 Å². The number of benzene rings is 1. The fraction of sp³-hybridized carbons (Fsp3) is 0.391. The Balaban J connectivity index is 1.47. The molecule has 5 nitrogen and oxygen atoms in total. The summed E-state index contributed by atoms with van der Waals surface area (Å²) >= 11 is 1.57. The number of nitrogens with zero attached hydrogens (tertiary/aromatic N) is 2. The van der Waals surface area contributed by atoms with E-state index in [1.807, 2.05) is 17.5 Å². The lowest BCUT2D eigenvalue weighted by atomic mass is 10.0. The Morgan fingerprint density at radius 2 is 1.93 bits per heavy atom. The predicted molar refractivity (Wildman–Crippen MR) is 116 cm³/mol. The molecule has 152 valence electrons. The first-order chi connectivity index (χ1) is 14.2. The molecule has 0 saturated carbocycles. The first-order valence-electron chi connectivity index (χ1n) is 10.3. The third-order valence-electron chi connectivity index (χ3n) is 5.51. The molecule has 1 saturated heterocycles. The van der Waals surface area contributed by atoms with Gasteiger partial charge in [0.1, 0.15) is 0 Å². The van der Waals surface area contributed by atoms with Gasteiger partial charge in [0.25, 0.3) is 5.91 Å². The molecule has 1 amide bonds. The number of carbonyl (C=O) groups is 1. The van der Waals surface area contributed by atoms with Gasteiger partial charge < -0.3 is 9.84 Å². The van der Waals surface area contributed by atoms with Gasteiger partial charge in [-0.15, -0.1) is 11.3 Å². The maximum Gasteiger partial charge on any atom is 0.273 e. The van der Waals surface area contributed by atoms with Gasteiger partial charge in [-0.25, -0.2) is 0 Å². The number of hydrogen-bond acceptors (Lipinski definition) is 5. The number of hydrogen-bond donors (Lipinski definition) is 1. The number of aryl methyl sites for hydroxylation is 1. The number of amides is 1. The molecule has 2 aromatic heterocycles. The molecular formula is C23H27N3O2S. The molecule has 1 fully saturated rings. The fourth-order valence-corrected chi connectivity index (χ4v) is 4.52. The van der Waals surface area contributed by atoms with Crippen LogP contribution < -0.4 is 5.32 Å². The standard InChI is InChI=1S/C23H27N3O2S/c1-17-8-10-18(11-9-17)20(26-12-4-2-3-5-13-26)16-24-23(27)19-15-21(28-25-19)22-7-6-14-29-22/h6-11,14-15,20H,2-5,12-13,16H2,1H3,(H,24,27). The second-order valence-corrected chi connectivity index (χ2v) is 8.59. The van der Waals surface area contributed by atoms with E-state index in [2.05, 4.69) is 46.6 Å². The minimum atomic E-state index is -0.191. The summed E-state index contributed by atoms with van der Waals surface area (Å²) in [4.78, 5) is 16.2. The summed E-state index contributed by atoms with van der Waals surface area (Å²) in [6.07, 6.45) is 5.00. The SMILES string of the molecule is Cc1ccc(C(CNC(=O)c2cc(-c3cccs3)on2)N2CCCCCC2)cc1. The molecule has 6 heteroatoms. The van der Waals surface area contributed by atoms with Crippen molar-refractivity contribution in [1.82, 2.24) is 15.4 Å². The number of likely N-dealkylation sites (tertiary alicyclic amines) is 1. The Morgan fingerprint density at radius 1 is 1.17 bits per heavy atom. The van der Waals surface area contributed by atoms with E-state index < -0.39 is 0 Å². The number of carbonyl (C=O) groups excluding carboxylic acids is 1. The number of aromatic nitrogens is 1. The molecule has 1 aliphatic heterocycles. The van der Waals surface area contributed by atoms with Crippen LogP contribution in [-0.2, 0) is 0 Å². The molecule has 1 unspecified atom stereocenters. The van der Waals surface area contributed by atoms with E-state index in [0.717, 1.165) is 18.0 Å². The highest BCUT2D eigenvalue weighted by Crippen LogP contribution is 2.26. The summed E-state index contributed by atoms with van der Waals surface area (Å²) in [5.41, 5.74) is 2.82. The van der Waals surface area contributed by atoms with Crippen molar-refractivity contribution < 1.29 is 9.32 Å². The lowest BCUT2D eigenvalue weighted by molar-refractivity contribution is 0.0924. The monoisotopic (exact) mass is 409 g/mol. The highest BCUT2D eigenvalue weighted by atomic mass is 32.1. The second-order valence-electron chi connectivity index (χ2n) is 7.64. The first kappa shape index (κ1) is 19.9. The van der Waals surface area contributed by atoms with Crippen molar-refractivity contribution in [2.45, 2.75) is 38.6 Å². The molecule has 0 aliphatic carbocycles. The average Bonchev–Trinajstić information content (AvgIpc) is 3.37. The molecule has 1 N–H and O–H groups in total. The lowest BCUT2D eigenvalue weighted by Crippen LogP contribution is -2.38. The number of thiophene rings is 1. The van der Waals surface area contributed by atoms with Crippen LogP contribution in [0.25, 0.3) is 10.6 Å². The topological polar surface area (TPSA) is 58.4 Å². The highest BCUT2D eigenvalue weighted by Gasteiger charge is 2.23. The zero-order valence-corrected chi connectivity index (χ0v) is 17.6. The van der Waals surface area contributed by atoms with Gasteiger partial charge in [-0.05, 0) is 49.9 Å². The van der Waals surface area contributed by atoms with E-state index >= 15 is 0 Å². The van der Waals surface area contributed by atoms with E-state index in [-0.39, 0.29) is 11.9 Å². The van der Waals surface area contributed by atoms with Crippen molar-refractivity contribution in [1.29, 1.82) is 0 Å². The largest absolute Gasteiger partial charge is 0.355 e. The van der Waals surface area contributed by atoms with Crippen LogP contribution in [0.2, 0.25) is 0 Å². The molecule has 0 spiro atoms. The lowest BCUT2D eigenvalue weighted by Gasteiger charge is -2.31.